The van der Waals surface area contributed by atoms with Crippen molar-refractivity contribution in [2.75, 3.05) is 0 Å². The van der Waals surface area contributed by atoms with Gasteiger partial charge in [0.15, 0.2) is 0 Å². The van der Waals surface area contributed by atoms with Crippen molar-refractivity contribution >= 4 is 8.32 Å². The Balaban J connectivity index is 2.54. The Morgan fingerprint density at radius 2 is 1.93 bits per heavy atom. The molecule has 1 nitrogen and oxygen atoms in total. The van der Waals surface area contributed by atoms with Crippen molar-refractivity contribution in [2.45, 2.75) is 25.6 Å². The molecule has 0 radical (unpaired) electrons. The maximum atomic E-state index is 6.00. The molecule has 0 N–H and O–H groups in total. The van der Waals surface area contributed by atoms with Crippen LogP contribution in [0.4, 0.5) is 0 Å². The van der Waals surface area contributed by atoms with Crippen molar-refractivity contribution in [3.63, 3.8) is 0 Å². The van der Waals surface area contributed by atoms with E-state index in [1.807, 2.05) is 36.4 Å². The van der Waals surface area contributed by atoms with Gasteiger partial charge in [-0.3, -0.25) is 0 Å². The summed E-state index contributed by atoms with van der Waals surface area (Å²) in [5.74, 6) is 0.994. The van der Waals surface area contributed by atoms with Gasteiger partial charge >= 0.3 is 0 Å². The number of benzene rings is 1. The van der Waals surface area contributed by atoms with Gasteiger partial charge in [0.25, 0.3) is 0 Å². The highest BCUT2D eigenvalue weighted by Crippen LogP contribution is 2.19. The fourth-order valence-corrected chi connectivity index (χ4v) is 3.08. The lowest BCUT2D eigenvalue weighted by molar-refractivity contribution is 0.547. The second-order valence-electron chi connectivity index (χ2n) is 4.00. The molecule has 0 spiro atoms. The quantitative estimate of drug-likeness (QED) is 0.525. The summed E-state index contributed by atoms with van der Waals surface area (Å²) < 4.78 is 6.00. The Morgan fingerprint density at radius 1 is 1.29 bits per heavy atom. The number of allylic oxidation sites excluding steroid dienone is 1. The molecule has 1 rings (SSSR count). The van der Waals surface area contributed by atoms with E-state index in [0.717, 1.165) is 18.2 Å². The zero-order valence-corrected chi connectivity index (χ0v) is 9.99. The summed E-state index contributed by atoms with van der Waals surface area (Å²) in [5.41, 5.74) is 0. The molecule has 2 heteroatoms. The Labute approximate surface area is 87.5 Å². The molecule has 0 bridgehead atoms. The number of hydrogen-bond donors (Lipinski definition) is 0. The van der Waals surface area contributed by atoms with Crippen LogP contribution < -0.4 is 4.43 Å². The van der Waals surface area contributed by atoms with Gasteiger partial charge < -0.3 is 4.43 Å². The van der Waals surface area contributed by atoms with Gasteiger partial charge in [0, 0.05) is 0 Å². The van der Waals surface area contributed by atoms with E-state index in [1.165, 1.54) is 0 Å². The largest absolute Gasteiger partial charge is 0.544 e. The monoisotopic (exact) mass is 206 g/mol. The first-order chi connectivity index (χ1) is 6.64. The van der Waals surface area contributed by atoms with Crippen molar-refractivity contribution in [1.82, 2.24) is 0 Å². The van der Waals surface area contributed by atoms with Gasteiger partial charge in [-0.25, -0.2) is 0 Å². The number of hydrogen-bond acceptors (Lipinski definition) is 1. The van der Waals surface area contributed by atoms with Crippen molar-refractivity contribution in [3.8, 4) is 5.75 Å². The summed E-state index contributed by atoms with van der Waals surface area (Å²) >= 11 is 0. The van der Waals surface area contributed by atoms with Gasteiger partial charge in [-0.2, -0.15) is 0 Å². The van der Waals surface area contributed by atoms with Crippen LogP contribution in [0.1, 0.15) is 6.42 Å². The first kappa shape index (κ1) is 11.1. The highest BCUT2D eigenvalue weighted by Gasteiger charge is 2.22. The molecule has 0 aliphatic carbocycles. The normalized spacial score (nSPS) is 11.0. The van der Waals surface area contributed by atoms with Crippen LogP contribution in [0, 0.1) is 0 Å². The molecule has 0 unspecified atom stereocenters. The molecule has 0 saturated heterocycles. The van der Waals surface area contributed by atoms with Gasteiger partial charge in [-0.1, -0.05) is 24.3 Å². The molecule has 0 atom stereocenters. The average molecular weight is 206 g/mol. The van der Waals surface area contributed by atoms with Gasteiger partial charge in [-0.15, -0.1) is 6.58 Å². The zero-order chi connectivity index (χ0) is 10.4. The summed E-state index contributed by atoms with van der Waals surface area (Å²) in [4.78, 5) is 0. The SMILES string of the molecule is C=CCC[Si](C)(C)Oc1ccccc1. The number of rotatable bonds is 5. The van der Waals surface area contributed by atoms with Crippen LogP contribution in [-0.4, -0.2) is 8.32 Å². The molecular formula is C12H18OSi. The summed E-state index contributed by atoms with van der Waals surface area (Å²) in [6.45, 7) is 8.22. The highest BCUT2D eigenvalue weighted by atomic mass is 28.4. The van der Waals surface area contributed by atoms with Crippen LogP contribution in [-0.2, 0) is 0 Å². The smallest absolute Gasteiger partial charge is 0.245 e. The fourth-order valence-electron chi connectivity index (χ4n) is 1.31. The lowest BCUT2D eigenvalue weighted by atomic mass is 10.3. The van der Waals surface area contributed by atoms with Crippen molar-refractivity contribution < 1.29 is 4.43 Å². The standard InChI is InChI=1S/C12H18OSi/c1-4-5-11-14(2,3)13-12-9-7-6-8-10-12/h4,6-10H,1,5,11H2,2-3H3. The first-order valence-corrected chi connectivity index (χ1v) is 8.10. The molecule has 0 aromatic heterocycles. The van der Waals surface area contributed by atoms with Crippen molar-refractivity contribution in [1.29, 1.82) is 0 Å². The Hall–Kier alpha value is -1.02. The summed E-state index contributed by atoms with van der Waals surface area (Å²) in [6, 6.07) is 11.2. The third-order valence-electron chi connectivity index (χ3n) is 2.09. The Kier molecular flexibility index (Phi) is 3.95. The third-order valence-corrected chi connectivity index (χ3v) is 4.37. The minimum absolute atomic E-state index is 0.994. The van der Waals surface area contributed by atoms with Gasteiger partial charge in [0.2, 0.25) is 8.32 Å². The van der Waals surface area contributed by atoms with E-state index in [4.69, 9.17) is 4.43 Å². The molecule has 76 valence electrons. The van der Waals surface area contributed by atoms with Gasteiger partial charge in [-0.05, 0) is 37.7 Å². The molecule has 1 aromatic carbocycles. The minimum Gasteiger partial charge on any atom is -0.544 e. The molecule has 14 heavy (non-hydrogen) atoms. The number of para-hydroxylation sites is 1. The molecule has 0 saturated carbocycles. The predicted molar refractivity (Wildman–Crippen MR) is 64.2 cm³/mol. The minimum atomic E-state index is -1.54. The average Bonchev–Trinajstić information content (AvgIpc) is 2.16. The molecule has 0 fully saturated rings. The summed E-state index contributed by atoms with van der Waals surface area (Å²) in [7, 11) is -1.54. The van der Waals surface area contributed by atoms with E-state index >= 15 is 0 Å². The van der Waals surface area contributed by atoms with E-state index < -0.39 is 8.32 Å². The van der Waals surface area contributed by atoms with E-state index in [2.05, 4.69) is 19.7 Å². The van der Waals surface area contributed by atoms with Crippen LogP contribution in [0.15, 0.2) is 43.0 Å². The molecule has 1 aromatic rings. The highest BCUT2D eigenvalue weighted by molar-refractivity contribution is 6.71. The van der Waals surface area contributed by atoms with Crippen LogP contribution in [0.2, 0.25) is 19.1 Å². The summed E-state index contributed by atoms with van der Waals surface area (Å²) in [5, 5.41) is 0. The lowest BCUT2D eigenvalue weighted by Crippen LogP contribution is -2.33. The molecular weight excluding hydrogens is 188 g/mol. The maximum absolute atomic E-state index is 6.00. The fraction of sp³-hybridized carbons (Fsp3) is 0.333. The third kappa shape index (κ3) is 3.79. The first-order valence-electron chi connectivity index (χ1n) is 4.99. The predicted octanol–water partition coefficient (Wildman–Crippen LogP) is 3.85. The summed E-state index contributed by atoms with van der Waals surface area (Å²) in [6.07, 6.45) is 3.01. The van der Waals surface area contributed by atoms with Crippen LogP contribution >= 0.6 is 0 Å². The topological polar surface area (TPSA) is 9.23 Å². The van der Waals surface area contributed by atoms with E-state index in [9.17, 15) is 0 Å². The van der Waals surface area contributed by atoms with E-state index in [-0.39, 0.29) is 0 Å². The van der Waals surface area contributed by atoms with E-state index in [1.54, 1.807) is 0 Å². The molecule has 0 heterocycles. The lowest BCUT2D eigenvalue weighted by Gasteiger charge is -2.23. The molecule has 0 amide bonds. The van der Waals surface area contributed by atoms with Crippen LogP contribution in [0.25, 0.3) is 0 Å². The second kappa shape index (κ2) is 5.01. The van der Waals surface area contributed by atoms with Crippen LogP contribution in [0.3, 0.4) is 0 Å². The molecule has 0 aliphatic rings. The molecule has 0 aliphatic heterocycles. The maximum Gasteiger partial charge on any atom is 0.245 e. The van der Waals surface area contributed by atoms with Gasteiger partial charge in [0.1, 0.15) is 5.75 Å². The van der Waals surface area contributed by atoms with Gasteiger partial charge in [0.05, 0.1) is 0 Å². The van der Waals surface area contributed by atoms with E-state index in [0.29, 0.717) is 0 Å². The van der Waals surface area contributed by atoms with Crippen molar-refractivity contribution in [3.05, 3.63) is 43.0 Å². The zero-order valence-electron chi connectivity index (χ0n) is 8.99. The van der Waals surface area contributed by atoms with Crippen LogP contribution in [0.5, 0.6) is 5.75 Å². The second-order valence-corrected chi connectivity index (χ2v) is 8.23. The Bertz CT molecular complexity index is 280. The van der Waals surface area contributed by atoms with Crippen molar-refractivity contribution in [2.24, 2.45) is 0 Å². The Morgan fingerprint density at radius 3 is 2.50 bits per heavy atom.